The van der Waals surface area contributed by atoms with Crippen LogP contribution >= 0.6 is 23.2 Å². The van der Waals surface area contributed by atoms with Gasteiger partial charge in [0.15, 0.2) is 0 Å². The fourth-order valence-electron chi connectivity index (χ4n) is 2.27. The van der Waals surface area contributed by atoms with Crippen molar-refractivity contribution < 1.29 is 19.0 Å². The van der Waals surface area contributed by atoms with E-state index in [1.165, 1.54) is 0 Å². The number of halogens is 2. The maximum absolute atomic E-state index is 5.93. The molecule has 7 heteroatoms. The first-order valence-corrected chi connectivity index (χ1v) is 11.1. The lowest BCUT2D eigenvalue weighted by Gasteiger charge is -2.24. The zero-order valence-corrected chi connectivity index (χ0v) is 21.0. The lowest BCUT2D eigenvalue weighted by molar-refractivity contribution is -0.00133. The number of nitrogens with zero attached hydrogens (tertiary/aromatic N) is 1. The van der Waals surface area contributed by atoms with Crippen LogP contribution in [0.4, 0.5) is 0 Å². The van der Waals surface area contributed by atoms with E-state index in [0.29, 0.717) is 30.5 Å². The van der Waals surface area contributed by atoms with Gasteiger partial charge in [-0.05, 0) is 75.4 Å². The Morgan fingerprint density at radius 3 is 1.69 bits per heavy atom. The summed E-state index contributed by atoms with van der Waals surface area (Å²) in [5.74, 6) is 2.81. The Bertz CT molecular complexity index is 905. The van der Waals surface area contributed by atoms with Crippen LogP contribution in [0.2, 0.25) is 0 Å². The Kier molecular flexibility index (Phi) is 9.29. The summed E-state index contributed by atoms with van der Waals surface area (Å²) in [5.41, 5.74) is 0.310. The van der Waals surface area contributed by atoms with Crippen LogP contribution < -0.4 is 14.2 Å². The Labute approximate surface area is 200 Å². The van der Waals surface area contributed by atoms with E-state index in [1.54, 1.807) is 6.08 Å². The summed E-state index contributed by atoms with van der Waals surface area (Å²) < 4.78 is 17.5. The molecule has 0 unspecified atom stereocenters. The minimum absolute atomic E-state index is 0.170. The lowest BCUT2D eigenvalue weighted by Crippen LogP contribution is -2.29. The van der Waals surface area contributed by atoms with Gasteiger partial charge in [0.05, 0.1) is 5.71 Å². The van der Waals surface area contributed by atoms with Crippen LogP contribution in [0.25, 0.3) is 0 Å². The minimum Gasteiger partial charge on any atom is -0.489 e. The minimum atomic E-state index is -0.352. The first-order chi connectivity index (χ1) is 14.9. The van der Waals surface area contributed by atoms with Crippen molar-refractivity contribution in [2.24, 2.45) is 10.6 Å². The number of benzene rings is 2. The van der Waals surface area contributed by atoms with Crippen LogP contribution in [0.15, 0.2) is 64.3 Å². The quantitative estimate of drug-likeness (QED) is 0.272. The topological polar surface area (TPSA) is 49.3 Å². The Hall–Kier alpha value is -2.37. The van der Waals surface area contributed by atoms with Crippen molar-refractivity contribution >= 4 is 28.9 Å². The molecule has 2 aromatic carbocycles. The van der Waals surface area contributed by atoms with Crippen LogP contribution in [0.3, 0.4) is 0 Å². The molecule has 0 radical (unpaired) electrons. The summed E-state index contributed by atoms with van der Waals surface area (Å²) in [4.78, 5) is 5.60. The van der Waals surface area contributed by atoms with Crippen LogP contribution in [-0.4, -0.2) is 24.5 Å². The van der Waals surface area contributed by atoms with E-state index in [1.807, 2.05) is 69.3 Å². The maximum atomic E-state index is 5.93. The molecule has 32 heavy (non-hydrogen) atoms. The third kappa shape index (κ3) is 9.84. The van der Waals surface area contributed by atoms with Gasteiger partial charge in [-0.3, -0.25) is 0 Å². The molecule has 0 heterocycles. The summed E-state index contributed by atoms with van der Waals surface area (Å²) in [6, 6.07) is 14.7. The van der Waals surface area contributed by atoms with Gasteiger partial charge in [0.25, 0.3) is 0 Å². The van der Waals surface area contributed by atoms with Crippen molar-refractivity contribution in [3.63, 3.8) is 0 Å². The molecule has 2 rings (SSSR count). The van der Waals surface area contributed by atoms with E-state index in [2.05, 4.69) is 25.9 Å². The van der Waals surface area contributed by atoms with Gasteiger partial charge < -0.3 is 19.0 Å². The Morgan fingerprint density at radius 1 is 0.781 bits per heavy atom. The fourth-order valence-corrected chi connectivity index (χ4v) is 2.39. The Balaban J connectivity index is 1.93. The smallest absolute Gasteiger partial charge is 0.130 e. The number of oxime groups is 1. The van der Waals surface area contributed by atoms with Gasteiger partial charge in [0, 0.05) is 5.41 Å². The van der Waals surface area contributed by atoms with Gasteiger partial charge in [0.2, 0.25) is 0 Å². The molecule has 0 aromatic heterocycles. The molecule has 174 valence electrons. The average Bonchev–Trinajstić information content (AvgIpc) is 2.68. The van der Waals surface area contributed by atoms with Crippen LogP contribution in [0.1, 0.15) is 41.5 Å². The molecule has 0 bridgehead atoms. The third-order valence-corrected chi connectivity index (χ3v) is 4.35. The van der Waals surface area contributed by atoms with Crippen molar-refractivity contribution in [3.05, 3.63) is 59.1 Å². The molecule has 0 aliphatic heterocycles. The SMILES string of the molecule is CC(C)(C)ON=C(COc1ccc(Oc2ccc(OCC=C(Cl)Cl)cc2)cc1)C(C)(C)C. The van der Waals surface area contributed by atoms with Gasteiger partial charge in [0.1, 0.15) is 46.3 Å². The average molecular weight is 480 g/mol. The van der Waals surface area contributed by atoms with Crippen molar-refractivity contribution in [1.82, 2.24) is 0 Å². The normalized spacial score (nSPS) is 12.2. The van der Waals surface area contributed by atoms with E-state index >= 15 is 0 Å². The van der Waals surface area contributed by atoms with E-state index in [-0.39, 0.29) is 15.5 Å². The summed E-state index contributed by atoms with van der Waals surface area (Å²) in [6.45, 7) is 12.8. The molecule has 0 atom stereocenters. The highest BCUT2D eigenvalue weighted by atomic mass is 35.5. The molecule has 0 saturated carbocycles. The highest BCUT2D eigenvalue weighted by Gasteiger charge is 2.22. The van der Waals surface area contributed by atoms with Gasteiger partial charge in [-0.15, -0.1) is 0 Å². The number of ether oxygens (including phenoxy) is 3. The molecular formula is C25H31Cl2NO4. The Morgan fingerprint density at radius 2 is 1.25 bits per heavy atom. The number of hydrogen-bond acceptors (Lipinski definition) is 5. The van der Waals surface area contributed by atoms with Crippen LogP contribution in [0, 0.1) is 5.41 Å². The molecule has 0 spiro atoms. The first kappa shape index (κ1) is 25.9. The van der Waals surface area contributed by atoms with E-state index in [9.17, 15) is 0 Å². The van der Waals surface area contributed by atoms with Crippen LogP contribution in [-0.2, 0) is 4.84 Å². The maximum Gasteiger partial charge on any atom is 0.130 e. The molecule has 0 aliphatic rings. The van der Waals surface area contributed by atoms with Gasteiger partial charge >= 0.3 is 0 Å². The molecule has 0 N–H and O–H groups in total. The standard InChI is InChI=1S/C25H31Cl2NO4/c1-24(2,3)22(28-32-25(4,5)6)17-30-19-9-13-21(14-10-19)31-20-11-7-18(8-12-20)29-16-15-23(26)27/h7-15H,16-17H2,1-6H3. The molecule has 0 aliphatic carbocycles. The zero-order valence-electron chi connectivity index (χ0n) is 19.4. The van der Waals surface area contributed by atoms with Crippen molar-refractivity contribution in [2.75, 3.05) is 13.2 Å². The zero-order chi connectivity index (χ0) is 23.8. The summed E-state index contributed by atoms with van der Waals surface area (Å²) >= 11 is 11.1. The van der Waals surface area contributed by atoms with Crippen molar-refractivity contribution in [1.29, 1.82) is 0 Å². The molecule has 0 saturated heterocycles. The fraction of sp³-hybridized carbons (Fsp3) is 0.400. The second-order valence-corrected chi connectivity index (χ2v) is 10.1. The highest BCUT2D eigenvalue weighted by molar-refractivity contribution is 6.55. The largest absolute Gasteiger partial charge is 0.489 e. The van der Waals surface area contributed by atoms with Crippen molar-refractivity contribution in [3.8, 4) is 23.0 Å². The second-order valence-electron chi connectivity index (χ2n) is 9.13. The highest BCUT2D eigenvalue weighted by Crippen LogP contribution is 2.26. The van der Waals surface area contributed by atoms with Crippen molar-refractivity contribution in [2.45, 2.75) is 47.1 Å². The lowest BCUT2D eigenvalue weighted by atomic mass is 9.90. The second kappa shape index (κ2) is 11.5. The predicted molar refractivity (Wildman–Crippen MR) is 131 cm³/mol. The van der Waals surface area contributed by atoms with E-state index in [4.69, 9.17) is 42.3 Å². The van der Waals surface area contributed by atoms with E-state index < -0.39 is 0 Å². The summed E-state index contributed by atoms with van der Waals surface area (Å²) in [5, 5.41) is 4.33. The monoisotopic (exact) mass is 479 g/mol. The van der Waals surface area contributed by atoms with Gasteiger partial charge in [-0.2, -0.15) is 0 Å². The summed E-state index contributed by atoms with van der Waals surface area (Å²) in [7, 11) is 0. The predicted octanol–water partition coefficient (Wildman–Crippen LogP) is 7.77. The third-order valence-electron chi connectivity index (χ3n) is 4.04. The van der Waals surface area contributed by atoms with E-state index in [0.717, 1.165) is 11.5 Å². The summed E-state index contributed by atoms with van der Waals surface area (Å²) in [6.07, 6.45) is 1.57. The molecule has 0 amide bonds. The number of hydrogen-bond donors (Lipinski definition) is 0. The molecule has 2 aromatic rings. The number of rotatable bonds is 9. The molecule has 0 fully saturated rings. The first-order valence-electron chi connectivity index (χ1n) is 10.3. The van der Waals surface area contributed by atoms with Crippen LogP contribution in [0.5, 0.6) is 23.0 Å². The van der Waals surface area contributed by atoms with Gasteiger partial charge in [-0.25, -0.2) is 0 Å². The molecular weight excluding hydrogens is 449 g/mol. The molecule has 5 nitrogen and oxygen atoms in total. The van der Waals surface area contributed by atoms with Gasteiger partial charge in [-0.1, -0.05) is 49.1 Å².